The zero-order chi connectivity index (χ0) is 17.1. The molecule has 1 aromatic rings. The van der Waals surface area contributed by atoms with E-state index in [0.29, 0.717) is 26.1 Å². The van der Waals surface area contributed by atoms with Crippen molar-refractivity contribution < 1.29 is 23.2 Å². The Morgan fingerprint density at radius 3 is 2.78 bits per heavy atom. The van der Waals surface area contributed by atoms with Crippen LogP contribution in [0.1, 0.15) is 12.8 Å². The third kappa shape index (κ3) is 4.27. The van der Waals surface area contributed by atoms with Gasteiger partial charge in [0.15, 0.2) is 0 Å². The zero-order valence-corrected chi connectivity index (χ0v) is 14.6. The molecule has 0 amide bonds. The molecule has 2 N–H and O–H groups in total. The number of aliphatic hydroxyl groups excluding tert-OH is 1. The predicted molar refractivity (Wildman–Crippen MR) is 85.6 cm³/mol. The summed E-state index contributed by atoms with van der Waals surface area (Å²) >= 11 is 3.02. The van der Waals surface area contributed by atoms with Crippen LogP contribution in [0, 0.1) is 15.5 Å². The maximum absolute atomic E-state index is 12.4. The van der Waals surface area contributed by atoms with E-state index in [1.54, 1.807) is 0 Å². The molecule has 1 atom stereocenters. The lowest BCUT2D eigenvalue weighted by Gasteiger charge is -2.26. The number of ether oxygens (including phenoxy) is 1. The quantitative estimate of drug-likeness (QED) is 0.520. The number of halogens is 1. The number of rotatable bonds is 7. The first-order valence-electron chi connectivity index (χ1n) is 6.92. The fraction of sp³-hybridized carbons (Fsp3) is 0.538. The van der Waals surface area contributed by atoms with Gasteiger partial charge in [-0.05, 0) is 40.9 Å². The minimum absolute atomic E-state index is 0.0607. The normalized spacial score (nSPS) is 21.5. The van der Waals surface area contributed by atoms with Crippen molar-refractivity contribution in [3.8, 4) is 0 Å². The third-order valence-electron chi connectivity index (χ3n) is 3.89. The first kappa shape index (κ1) is 18.3. The number of hydrogen-bond donors (Lipinski definition) is 2. The van der Waals surface area contributed by atoms with Gasteiger partial charge in [-0.1, -0.05) is 0 Å². The number of aliphatic hydroxyl groups is 1. The Labute approximate surface area is 142 Å². The molecule has 1 aromatic carbocycles. The number of sulfonamides is 1. The number of nitro groups is 1. The SMILES string of the molecule is O=[N+]([O-])c1cc(S(=O)(=O)NC[C@@]2(CCO)CCOC2)ccc1Br. The van der Waals surface area contributed by atoms with Crippen molar-refractivity contribution in [2.75, 3.05) is 26.4 Å². The highest BCUT2D eigenvalue weighted by atomic mass is 79.9. The number of nitro benzene ring substituents is 1. The summed E-state index contributed by atoms with van der Waals surface area (Å²) in [5.74, 6) is 0. The highest BCUT2D eigenvalue weighted by molar-refractivity contribution is 9.10. The molecule has 1 fully saturated rings. The van der Waals surface area contributed by atoms with Crippen molar-refractivity contribution >= 4 is 31.6 Å². The zero-order valence-electron chi connectivity index (χ0n) is 12.2. The molecule has 1 saturated heterocycles. The topological polar surface area (TPSA) is 119 Å². The molecule has 0 bridgehead atoms. The second-order valence-corrected chi connectivity index (χ2v) is 8.09. The van der Waals surface area contributed by atoms with E-state index in [4.69, 9.17) is 9.84 Å². The fourth-order valence-corrected chi connectivity index (χ4v) is 4.01. The Bertz CT molecular complexity index is 688. The Hall–Kier alpha value is -1.07. The van der Waals surface area contributed by atoms with Crippen molar-refractivity contribution in [2.45, 2.75) is 17.7 Å². The van der Waals surface area contributed by atoms with Crippen LogP contribution in [0.15, 0.2) is 27.6 Å². The first-order chi connectivity index (χ1) is 10.8. The van der Waals surface area contributed by atoms with E-state index in [-0.39, 0.29) is 28.2 Å². The summed E-state index contributed by atoms with van der Waals surface area (Å²) in [7, 11) is -3.89. The molecule has 0 spiro atoms. The van der Waals surface area contributed by atoms with E-state index in [1.807, 2.05) is 0 Å². The maximum Gasteiger partial charge on any atom is 0.284 e. The minimum Gasteiger partial charge on any atom is -0.396 e. The summed E-state index contributed by atoms with van der Waals surface area (Å²) in [4.78, 5) is 10.1. The maximum atomic E-state index is 12.4. The number of nitrogens with one attached hydrogen (secondary N) is 1. The number of hydrogen-bond acceptors (Lipinski definition) is 6. The molecule has 8 nitrogen and oxygen atoms in total. The molecule has 1 heterocycles. The van der Waals surface area contributed by atoms with Crippen LogP contribution in [0.5, 0.6) is 0 Å². The van der Waals surface area contributed by atoms with Gasteiger partial charge in [0.05, 0.1) is 20.9 Å². The third-order valence-corrected chi connectivity index (χ3v) is 5.96. The van der Waals surface area contributed by atoms with Gasteiger partial charge in [-0.2, -0.15) is 0 Å². The molecule has 0 aromatic heterocycles. The lowest BCUT2D eigenvalue weighted by molar-refractivity contribution is -0.385. The second kappa shape index (κ2) is 7.22. The highest BCUT2D eigenvalue weighted by Crippen LogP contribution is 2.32. The largest absolute Gasteiger partial charge is 0.396 e. The van der Waals surface area contributed by atoms with Crippen LogP contribution in [-0.4, -0.2) is 44.8 Å². The molecule has 2 rings (SSSR count). The molecule has 1 aliphatic rings. The number of nitrogens with zero attached hydrogens (tertiary/aromatic N) is 1. The van der Waals surface area contributed by atoms with Crippen LogP contribution in [0.25, 0.3) is 0 Å². The summed E-state index contributed by atoms with van der Waals surface area (Å²) in [6.07, 6.45) is 1.08. The average molecular weight is 409 g/mol. The van der Waals surface area contributed by atoms with Crippen LogP contribution in [0.2, 0.25) is 0 Å². The van der Waals surface area contributed by atoms with Crippen molar-refractivity contribution in [3.63, 3.8) is 0 Å². The van der Waals surface area contributed by atoms with Gasteiger partial charge >= 0.3 is 0 Å². The standard InChI is InChI=1S/C13H17BrN2O6S/c14-11-2-1-10(7-12(11)16(18)19)23(20,21)15-8-13(3-5-17)4-6-22-9-13/h1-2,7,15,17H,3-6,8-9H2/t13-/m1/s1. The summed E-state index contributed by atoms with van der Waals surface area (Å²) < 4.78 is 32.7. The van der Waals surface area contributed by atoms with Gasteiger partial charge in [0.25, 0.3) is 5.69 Å². The van der Waals surface area contributed by atoms with Gasteiger partial charge in [0, 0.05) is 31.2 Å². The van der Waals surface area contributed by atoms with Crippen LogP contribution in [-0.2, 0) is 14.8 Å². The van der Waals surface area contributed by atoms with Crippen molar-refractivity contribution in [3.05, 3.63) is 32.8 Å². The van der Waals surface area contributed by atoms with Crippen molar-refractivity contribution in [1.29, 1.82) is 0 Å². The lowest BCUT2D eigenvalue weighted by Crippen LogP contribution is -2.38. The van der Waals surface area contributed by atoms with Crippen LogP contribution < -0.4 is 4.72 Å². The minimum atomic E-state index is -3.89. The van der Waals surface area contributed by atoms with E-state index in [1.165, 1.54) is 12.1 Å². The van der Waals surface area contributed by atoms with E-state index in [2.05, 4.69) is 20.7 Å². The van der Waals surface area contributed by atoms with Crippen molar-refractivity contribution in [2.24, 2.45) is 5.41 Å². The second-order valence-electron chi connectivity index (χ2n) is 5.47. The molecule has 0 saturated carbocycles. The van der Waals surface area contributed by atoms with Crippen LogP contribution in [0.4, 0.5) is 5.69 Å². The average Bonchev–Trinajstić information content (AvgIpc) is 2.95. The smallest absolute Gasteiger partial charge is 0.284 e. The van der Waals surface area contributed by atoms with Gasteiger partial charge in [0.2, 0.25) is 10.0 Å². The molecule has 0 radical (unpaired) electrons. The molecule has 10 heteroatoms. The van der Waals surface area contributed by atoms with Gasteiger partial charge < -0.3 is 9.84 Å². The van der Waals surface area contributed by atoms with Gasteiger partial charge in [0.1, 0.15) is 0 Å². The molecule has 0 aliphatic carbocycles. The predicted octanol–water partition coefficient (Wildman–Crippen LogP) is 1.42. The molecule has 128 valence electrons. The summed E-state index contributed by atoms with van der Waals surface area (Å²) in [5, 5.41) is 20.1. The molecule has 23 heavy (non-hydrogen) atoms. The van der Waals surface area contributed by atoms with E-state index in [0.717, 1.165) is 6.07 Å². The lowest BCUT2D eigenvalue weighted by atomic mass is 9.84. The van der Waals surface area contributed by atoms with Crippen LogP contribution in [0.3, 0.4) is 0 Å². The van der Waals surface area contributed by atoms with E-state index in [9.17, 15) is 18.5 Å². The Kier molecular flexibility index (Phi) is 5.74. The van der Waals surface area contributed by atoms with Gasteiger partial charge in [-0.15, -0.1) is 0 Å². The summed E-state index contributed by atoms with van der Waals surface area (Å²) in [6, 6.07) is 3.63. The molecular formula is C13H17BrN2O6S. The Morgan fingerprint density at radius 1 is 1.48 bits per heavy atom. The molecular weight excluding hydrogens is 392 g/mol. The van der Waals surface area contributed by atoms with Crippen LogP contribution >= 0.6 is 15.9 Å². The number of benzene rings is 1. The van der Waals surface area contributed by atoms with Crippen molar-refractivity contribution in [1.82, 2.24) is 4.72 Å². The van der Waals surface area contributed by atoms with Gasteiger partial charge in [-0.25, -0.2) is 13.1 Å². The highest BCUT2D eigenvalue weighted by Gasteiger charge is 2.35. The monoisotopic (exact) mass is 408 g/mol. The van der Waals surface area contributed by atoms with E-state index < -0.39 is 20.4 Å². The fourth-order valence-electron chi connectivity index (χ4n) is 2.44. The molecule has 0 unspecified atom stereocenters. The molecule has 1 aliphatic heterocycles. The summed E-state index contributed by atoms with van der Waals surface area (Å²) in [6.45, 7) is 0.941. The summed E-state index contributed by atoms with van der Waals surface area (Å²) in [5.41, 5.74) is -0.759. The van der Waals surface area contributed by atoms with E-state index >= 15 is 0 Å². The van der Waals surface area contributed by atoms with Gasteiger partial charge in [-0.3, -0.25) is 10.1 Å². The first-order valence-corrected chi connectivity index (χ1v) is 9.19. The Morgan fingerprint density at radius 2 is 2.22 bits per heavy atom. The Balaban J connectivity index is 2.19.